The van der Waals surface area contributed by atoms with Crippen molar-refractivity contribution >= 4 is 18.0 Å². The minimum Gasteiger partial charge on any atom is -0.477 e. The van der Waals surface area contributed by atoms with E-state index in [1.807, 2.05) is 33.8 Å². The van der Waals surface area contributed by atoms with E-state index in [4.69, 9.17) is 4.84 Å². The van der Waals surface area contributed by atoms with Gasteiger partial charge < -0.3 is 9.94 Å². The van der Waals surface area contributed by atoms with Crippen LogP contribution < -0.4 is 0 Å². The summed E-state index contributed by atoms with van der Waals surface area (Å²) in [6, 6.07) is 8.84. The second-order valence-electron chi connectivity index (χ2n) is 6.29. The summed E-state index contributed by atoms with van der Waals surface area (Å²) in [6.45, 7) is 9.17. The fourth-order valence-corrected chi connectivity index (χ4v) is 2.05. The van der Waals surface area contributed by atoms with Gasteiger partial charge in [-0.1, -0.05) is 58.0 Å². The van der Waals surface area contributed by atoms with Crippen molar-refractivity contribution in [3.63, 3.8) is 0 Å². The first kappa shape index (κ1) is 18.9. The second kappa shape index (κ2) is 9.10. The summed E-state index contributed by atoms with van der Waals surface area (Å²) in [5.41, 5.74) is 0.259. The summed E-state index contributed by atoms with van der Waals surface area (Å²) < 4.78 is 0. The lowest BCUT2D eigenvalue weighted by Gasteiger charge is -2.24. The molecule has 1 aromatic carbocycles. The lowest BCUT2D eigenvalue weighted by molar-refractivity contribution is -0.190. The van der Waals surface area contributed by atoms with E-state index in [0.29, 0.717) is 30.5 Å². The van der Waals surface area contributed by atoms with Crippen LogP contribution in [0.25, 0.3) is 6.08 Å². The zero-order chi connectivity index (χ0) is 17.4. The Kier molecular flexibility index (Phi) is 7.48. The van der Waals surface area contributed by atoms with Crippen molar-refractivity contribution in [2.24, 2.45) is 11.8 Å². The molecule has 0 atom stereocenters. The summed E-state index contributed by atoms with van der Waals surface area (Å²) in [7, 11) is 0. The molecule has 0 fully saturated rings. The lowest BCUT2D eigenvalue weighted by atomic mass is 10.1. The molecule has 0 amide bonds. The van der Waals surface area contributed by atoms with E-state index in [1.165, 1.54) is 6.08 Å². The van der Waals surface area contributed by atoms with Crippen molar-refractivity contribution in [2.45, 2.75) is 27.7 Å². The number of carbonyl (C=O) groups is 2. The van der Waals surface area contributed by atoms with Gasteiger partial charge in [0, 0.05) is 13.1 Å². The third kappa shape index (κ3) is 7.10. The van der Waals surface area contributed by atoms with Gasteiger partial charge in [-0.2, -0.15) is 0 Å². The number of nitrogens with zero attached hydrogens (tertiary/aromatic N) is 1. The minimum absolute atomic E-state index is 0.299. The number of carboxylic acids is 1. The Balaban J connectivity index is 2.92. The fourth-order valence-electron chi connectivity index (χ4n) is 2.05. The van der Waals surface area contributed by atoms with Crippen LogP contribution in [-0.4, -0.2) is 35.2 Å². The third-order valence-corrected chi connectivity index (χ3v) is 2.91. The minimum atomic E-state index is -1.30. The maximum Gasteiger partial charge on any atom is 0.364 e. The van der Waals surface area contributed by atoms with Crippen LogP contribution in [0.3, 0.4) is 0 Å². The molecule has 0 saturated heterocycles. The van der Waals surface area contributed by atoms with Crippen LogP contribution in [0.1, 0.15) is 33.3 Å². The molecule has 0 heterocycles. The van der Waals surface area contributed by atoms with E-state index in [0.717, 1.165) is 0 Å². The van der Waals surface area contributed by atoms with Gasteiger partial charge in [-0.3, -0.25) is 0 Å². The number of hydroxylamine groups is 2. The molecular formula is C18H25NO4. The topological polar surface area (TPSA) is 66.8 Å². The molecular weight excluding hydrogens is 294 g/mol. The Morgan fingerprint density at radius 3 is 2.04 bits per heavy atom. The highest BCUT2D eigenvalue weighted by Gasteiger charge is 2.23. The Labute approximate surface area is 137 Å². The number of carboxylic acid groups (broad SMARTS) is 1. The first-order chi connectivity index (χ1) is 10.8. The van der Waals surface area contributed by atoms with Crippen molar-refractivity contribution in [1.82, 2.24) is 5.06 Å². The first-order valence-electron chi connectivity index (χ1n) is 7.76. The van der Waals surface area contributed by atoms with E-state index < -0.39 is 11.9 Å². The largest absolute Gasteiger partial charge is 0.477 e. The van der Waals surface area contributed by atoms with Gasteiger partial charge >= 0.3 is 11.9 Å². The number of rotatable bonds is 8. The van der Waals surface area contributed by atoms with Gasteiger partial charge in [-0.15, -0.1) is 5.06 Å². The molecule has 0 bridgehead atoms. The number of hydrogen-bond donors (Lipinski definition) is 1. The maximum atomic E-state index is 12.2. The summed E-state index contributed by atoms with van der Waals surface area (Å²) in [4.78, 5) is 28.9. The molecule has 1 N–H and O–H groups in total. The van der Waals surface area contributed by atoms with E-state index in [2.05, 4.69) is 0 Å². The highest BCUT2D eigenvalue weighted by atomic mass is 16.7. The zero-order valence-electron chi connectivity index (χ0n) is 14.2. The smallest absolute Gasteiger partial charge is 0.364 e. The predicted molar refractivity (Wildman–Crippen MR) is 89.4 cm³/mol. The summed E-state index contributed by atoms with van der Waals surface area (Å²) in [6.07, 6.45) is 1.33. The average Bonchev–Trinajstić information content (AvgIpc) is 2.43. The highest BCUT2D eigenvalue weighted by Crippen LogP contribution is 2.12. The monoisotopic (exact) mass is 319 g/mol. The molecule has 126 valence electrons. The molecule has 0 aliphatic heterocycles. The first-order valence-corrected chi connectivity index (χ1v) is 7.76. The molecule has 0 unspecified atom stereocenters. The van der Waals surface area contributed by atoms with Crippen LogP contribution in [0.4, 0.5) is 0 Å². The van der Waals surface area contributed by atoms with Gasteiger partial charge in [0.25, 0.3) is 0 Å². The number of carbonyl (C=O) groups excluding carboxylic acids is 1. The SMILES string of the molecule is CC(C)CN(CC(C)C)OC(=O)C(=Cc1ccccc1)C(=O)O. The Morgan fingerprint density at radius 2 is 1.61 bits per heavy atom. The van der Waals surface area contributed by atoms with E-state index >= 15 is 0 Å². The second-order valence-corrected chi connectivity index (χ2v) is 6.29. The Hall–Kier alpha value is -2.14. The average molecular weight is 319 g/mol. The van der Waals surface area contributed by atoms with E-state index in [-0.39, 0.29) is 5.57 Å². The molecule has 0 aromatic heterocycles. The van der Waals surface area contributed by atoms with Gasteiger partial charge in [-0.25, -0.2) is 9.59 Å². The van der Waals surface area contributed by atoms with Crippen molar-refractivity contribution in [2.75, 3.05) is 13.1 Å². The molecule has 0 spiro atoms. The summed E-state index contributed by atoms with van der Waals surface area (Å²) in [5.74, 6) is -1.54. The van der Waals surface area contributed by atoms with E-state index in [1.54, 1.807) is 29.3 Å². The normalized spacial score (nSPS) is 12.0. The van der Waals surface area contributed by atoms with Crippen LogP contribution in [0.5, 0.6) is 0 Å². The Morgan fingerprint density at radius 1 is 1.09 bits per heavy atom. The van der Waals surface area contributed by atoms with Gasteiger partial charge in [0.2, 0.25) is 0 Å². The molecule has 5 heteroatoms. The van der Waals surface area contributed by atoms with E-state index in [9.17, 15) is 14.7 Å². The van der Waals surface area contributed by atoms with Gasteiger partial charge in [0.15, 0.2) is 0 Å². The maximum absolute atomic E-state index is 12.2. The molecule has 1 rings (SSSR count). The van der Waals surface area contributed by atoms with Crippen molar-refractivity contribution in [3.8, 4) is 0 Å². The molecule has 5 nitrogen and oxygen atoms in total. The quantitative estimate of drug-likeness (QED) is 0.345. The standard InChI is InChI=1S/C18H25NO4/c1-13(2)11-19(12-14(3)4)23-18(22)16(17(20)21)10-15-8-6-5-7-9-15/h5-10,13-14H,11-12H2,1-4H3,(H,20,21). The predicted octanol–water partition coefficient (Wildman–Crippen LogP) is 3.23. The molecule has 1 aromatic rings. The number of hydrogen-bond acceptors (Lipinski definition) is 4. The highest BCUT2D eigenvalue weighted by molar-refractivity contribution is 6.16. The summed E-state index contributed by atoms with van der Waals surface area (Å²) in [5, 5.41) is 10.8. The van der Waals surface area contributed by atoms with Crippen LogP contribution in [0, 0.1) is 11.8 Å². The van der Waals surface area contributed by atoms with Crippen LogP contribution >= 0.6 is 0 Å². The van der Waals surface area contributed by atoms with Gasteiger partial charge in [0.05, 0.1) is 0 Å². The molecule has 0 radical (unpaired) electrons. The molecule has 0 saturated carbocycles. The fraction of sp³-hybridized carbons (Fsp3) is 0.444. The van der Waals surface area contributed by atoms with Crippen LogP contribution in [0.2, 0.25) is 0 Å². The summed E-state index contributed by atoms with van der Waals surface area (Å²) >= 11 is 0. The lowest BCUT2D eigenvalue weighted by Crippen LogP contribution is -2.35. The molecule has 0 aliphatic rings. The van der Waals surface area contributed by atoms with Crippen LogP contribution in [0.15, 0.2) is 35.9 Å². The van der Waals surface area contributed by atoms with Crippen molar-refractivity contribution < 1.29 is 19.5 Å². The van der Waals surface area contributed by atoms with Gasteiger partial charge in [0.1, 0.15) is 5.57 Å². The number of aliphatic carboxylic acids is 1. The molecule has 23 heavy (non-hydrogen) atoms. The van der Waals surface area contributed by atoms with Crippen molar-refractivity contribution in [3.05, 3.63) is 41.5 Å². The zero-order valence-corrected chi connectivity index (χ0v) is 14.2. The number of benzene rings is 1. The van der Waals surface area contributed by atoms with Gasteiger partial charge in [-0.05, 0) is 23.5 Å². The van der Waals surface area contributed by atoms with Crippen LogP contribution in [-0.2, 0) is 14.4 Å². The Bertz CT molecular complexity index is 539. The van der Waals surface area contributed by atoms with Crippen molar-refractivity contribution in [1.29, 1.82) is 0 Å². The third-order valence-electron chi connectivity index (χ3n) is 2.91. The molecule has 0 aliphatic carbocycles.